The predicted molar refractivity (Wildman–Crippen MR) is 100 cm³/mol. The van der Waals surface area contributed by atoms with Crippen LogP contribution < -0.4 is 10.6 Å². The standard InChI is InChI=1S/C19H31N3O6/c1-10(2)8-12(18(25)22-7-5-6-13(22)19(26)27)21-17(24)15-14(28-15)16(23)20-9-11(3)4/h10-15H,5-9H2,1-4H3,(H,20,23)(H,21,24)(H,26,27). The second kappa shape index (κ2) is 9.36. The lowest BCUT2D eigenvalue weighted by molar-refractivity contribution is -0.149. The molecule has 0 aliphatic carbocycles. The van der Waals surface area contributed by atoms with Crippen LogP contribution in [0.3, 0.4) is 0 Å². The molecule has 2 fully saturated rings. The van der Waals surface area contributed by atoms with E-state index >= 15 is 0 Å². The third-order valence-electron chi connectivity index (χ3n) is 4.84. The number of likely N-dealkylation sites (tertiary alicyclic amines) is 1. The van der Waals surface area contributed by atoms with Crippen molar-refractivity contribution < 1.29 is 29.0 Å². The summed E-state index contributed by atoms with van der Waals surface area (Å²) >= 11 is 0. The Bertz CT molecular complexity index is 621. The van der Waals surface area contributed by atoms with Gasteiger partial charge in [-0.05, 0) is 31.1 Å². The van der Waals surface area contributed by atoms with Crippen LogP contribution in [0.15, 0.2) is 0 Å². The number of ether oxygens (including phenoxy) is 1. The Balaban J connectivity index is 1.97. The Labute approximate surface area is 165 Å². The number of nitrogens with zero attached hydrogens (tertiary/aromatic N) is 1. The summed E-state index contributed by atoms with van der Waals surface area (Å²) in [5.41, 5.74) is 0. The van der Waals surface area contributed by atoms with Gasteiger partial charge in [-0.2, -0.15) is 0 Å². The first-order valence-corrected chi connectivity index (χ1v) is 9.88. The minimum absolute atomic E-state index is 0.116. The largest absolute Gasteiger partial charge is 0.480 e. The fourth-order valence-corrected chi connectivity index (χ4v) is 3.35. The Morgan fingerprint density at radius 2 is 1.71 bits per heavy atom. The number of epoxide rings is 1. The number of carbonyl (C=O) groups is 4. The zero-order valence-electron chi connectivity index (χ0n) is 16.9. The molecule has 2 rings (SSSR count). The molecule has 2 heterocycles. The van der Waals surface area contributed by atoms with Gasteiger partial charge in [0.15, 0.2) is 12.2 Å². The van der Waals surface area contributed by atoms with Gasteiger partial charge in [-0.15, -0.1) is 0 Å². The molecule has 0 saturated carbocycles. The fraction of sp³-hybridized carbons (Fsp3) is 0.789. The van der Waals surface area contributed by atoms with Gasteiger partial charge in [-0.3, -0.25) is 14.4 Å². The van der Waals surface area contributed by atoms with Gasteiger partial charge in [0.1, 0.15) is 12.1 Å². The maximum absolute atomic E-state index is 12.9. The van der Waals surface area contributed by atoms with Gasteiger partial charge in [0.2, 0.25) is 5.91 Å². The molecule has 2 aliphatic heterocycles. The van der Waals surface area contributed by atoms with Crippen LogP contribution in [-0.4, -0.2) is 71.1 Å². The Morgan fingerprint density at radius 3 is 2.29 bits per heavy atom. The minimum Gasteiger partial charge on any atom is -0.480 e. The topological polar surface area (TPSA) is 128 Å². The van der Waals surface area contributed by atoms with Crippen LogP contribution in [0.4, 0.5) is 0 Å². The highest BCUT2D eigenvalue weighted by atomic mass is 16.6. The Hall–Kier alpha value is -2.16. The molecule has 4 unspecified atom stereocenters. The van der Waals surface area contributed by atoms with Crippen LogP contribution in [0, 0.1) is 11.8 Å². The number of hydrogen-bond acceptors (Lipinski definition) is 5. The van der Waals surface area contributed by atoms with E-state index in [2.05, 4.69) is 10.6 Å². The summed E-state index contributed by atoms with van der Waals surface area (Å²) in [4.78, 5) is 50.1. The molecule has 9 nitrogen and oxygen atoms in total. The summed E-state index contributed by atoms with van der Waals surface area (Å²) < 4.78 is 5.20. The predicted octanol–water partition coefficient (Wildman–Crippen LogP) is 0.133. The number of nitrogens with one attached hydrogen (secondary N) is 2. The molecule has 3 amide bonds. The number of amides is 3. The number of aliphatic carboxylic acids is 1. The van der Waals surface area contributed by atoms with Gasteiger partial charge in [0.25, 0.3) is 11.8 Å². The van der Waals surface area contributed by atoms with E-state index in [1.165, 1.54) is 4.90 Å². The second-order valence-corrected chi connectivity index (χ2v) is 8.33. The van der Waals surface area contributed by atoms with E-state index in [9.17, 15) is 24.3 Å². The van der Waals surface area contributed by atoms with Crippen molar-refractivity contribution >= 4 is 23.7 Å². The van der Waals surface area contributed by atoms with E-state index in [0.29, 0.717) is 32.4 Å². The van der Waals surface area contributed by atoms with E-state index in [-0.39, 0.29) is 17.7 Å². The molecule has 0 spiro atoms. The zero-order valence-corrected chi connectivity index (χ0v) is 16.9. The molecule has 28 heavy (non-hydrogen) atoms. The van der Waals surface area contributed by atoms with Gasteiger partial charge in [-0.1, -0.05) is 27.7 Å². The van der Waals surface area contributed by atoms with Gasteiger partial charge >= 0.3 is 5.97 Å². The molecule has 2 saturated heterocycles. The van der Waals surface area contributed by atoms with E-state index in [0.717, 1.165) is 0 Å². The smallest absolute Gasteiger partial charge is 0.326 e. The summed E-state index contributed by atoms with van der Waals surface area (Å²) in [6, 6.07) is -1.69. The van der Waals surface area contributed by atoms with Gasteiger partial charge in [0, 0.05) is 13.1 Å². The van der Waals surface area contributed by atoms with Crippen LogP contribution in [0.2, 0.25) is 0 Å². The molecular weight excluding hydrogens is 366 g/mol. The number of hydrogen-bond donors (Lipinski definition) is 3. The maximum atomic E-state index is 12.9. The molecule has 0 radical (unpaired) electrons. The van der Waals surface area contributed by atoms with E-state index in [4.69, 9.17) is 4.74 Å². The van der Waals surface area contributed by atoms with E-state index in [1.54, 1.807) is 0 Å². The van der Waals surface area contributed by atoms with Crippen LogP contribution in [-0.2, 0) is 23.9 Å². The average molecular weight is 397 g/mol. The third kappa shape index (κ3) is 5.67. The number of carboxylic acids is 1. The van der Waals surface area contributed by atoms with E-state index in [1.807, 2.05) is 27.7 Å². The molecule has 158 valence electrons. The summed E-state index contributed by atoms with van der Waals surface area (Å²) in [6.45, 7) is 8.61. The summed E-state index contributed by atoms with van der Waals surface area (Å²) in [5, 5.41) is 14.7. The lowest BCUT2D eigenvalue weighted by atomic mass is 10.0. The summed E-state index contributed by atoms with van der Waals surface area (Å²) in [5.74, 6) is -1.89. The van der Waals surface area contributed by atoms with Crippen molar-refractivity contribution in [2.24, 2.45) is 11.8 Å². The third-order valence-corrected chi connectivity index (χ3v) is 4.84. The average Bonchev–Trinajstić information content (AvgIpc) is 3.26. The van der Waals surface area contributed by atoms with Crippen molar-refractivity contribution in [1.82, 2.24) is 15.5 Å². The Morgan fingerprint density at radius 1 is 1.07 bits per heavy atom. The lowest BCUT2D eigenvalue weighted by Gasteiger charge is -2.28. The van der Waals surface area contributed by atoms with Gasteiger partial charge < -0.3 is 25.4 Å². The van der Waals surface area contributed by atoms with Crippen LogP contribution in [0.25, 0.3) is 0 Å². The lowest BCUT2D eigenvalue weighted by Crippen LogP contribution is -2.53. The minimum atomic E-state index is -1.03. The molecule has 0 bridgehead atoms. The van der Waals surface area contributed by atoms with Crippen LogP contribution in [0.5, 0.6) is 0 Å². The molecule has 2 aliphatic rings. The van der Waals surface area contributed by atoms with Crippen molar-refractivity contribution in [1.29, 1.82) is 0 Å². The molecule has 3 N–H and O–H groups in total. The second-order valence-electron chi connectivity index (χ2n) is 8.33. The molecule has 0 aromatic carbocycles. The first-order valence-electron chi connectivity index (χ1n) is 9.88. The highest BCUT2D eigenvalue weighted by Crippen LogP contribution is 2.24. The van der Waals surface area contributed by atoms with Crippen LogP contribution in [0.1, 0.15) is 47.0 Å². The van der Waals surface area contributed by atoms with Crippen molar-refractivity contribution in [3.63, 3.8) is 0 Å². The molecule has 4 atom stereocenters. The monoisotopic (exact) mass is 397 g/mol. The highest BCUT2D eigenvalue weighted by Gasteiger charge is 2.51. The molecule has 0 aromatic heterocycles. The van der Waals surface area contributed by atoms with Crippen molar-refractivity contribution in [2.75, 3.05) is 13.1 Å². The van der Waals surface area contributed by atoms with Crippen molar-refractivity contribution in [3.05, 3.63) is 0 Å². The van der Waals surface area contributed by atoms with Gasteiger partial charge in [-0.25, -0.2) is 4.79 Å². The SMILES string of the molecule is CC(C)CNC(=O)C1OC1C(=O)NC(CC(C)C)C(=O)N1CCCC1C(=O)O. The summed E-state index contributed by atoms with van der Waals surface area (Å²) in [6.07, 6.45) is -0.345. The normalized spacial score (nSPS) is 24.9. The van der Waals surface area contributed by atoms with Crippen LogP contribution >= 0.6 is 0 Å². The van der Waals surface area contributed by atoms with E-state index < -0.39 is 42.1 Å². The van der Waals surface area contributed by atoms with Gasteiger partial charge in [0.05, 0.1) is 0 Å². The first kappa shape index (κ1) is 22.1. The maximum Gasteiger partial charge on any atom is 0.326 e. The fourth-order valence-electron chi connectivity index (χ4n) is 3.35. The summed E-state index contributed by atoms with van der Waals surface area (Å²) in [7, 11) is 0. The molecule has 9 heteroatoms. The Kier molecular flexibility index (Phi) is 7.40. The molecule has 0 aromatic rings. The highest BCUT2D eigenvalue weighted by molar-refractivity contribution is 5.97. The number of carbonyl (C=O) groups excluding carboxylic acids is 3. The van der Waals surface area contributed by atoms with Crippen molar-refractivity contribution in [2.45, 2.75) is 71.2 Å². The van der Waals surface area contributed by atoms with Crippen molar-refractivity contribution in [3.8, 4) is 0 Å². The zero-order chi connectivity index (χ0) is 21.0. The quantitative estimate of drug-likeness (QED) is 0.475. The first-order chi connectivity index (χ1) is 13.1. The molecular formula is C19H31N3O6. The number of carboxylic acid groups (broad SMARTS) is 1. The number of rotatable bonds is 9.